The Bertz CT molecular complexity index is 1310. The molecule has 4 aromatic rings. The van der Waals surface area contributed by atoms with E-state index in [1.54, 1.807) is 25.3 Å². The lowest BCUT2D eigenvalue weighted by molar-refractivity contribution is -0.170. The number of aliphatic carboxylic acids is 1. The van der Waals surface area contributed by atoms with Gasteiger partial charge in [0.25, 0.3) is 0 Å². The number of hydrogen-bond acceptors (Lipinski definition) is 3. The first-order valence-corrected chi connectivity index (χ1v) is 10.9. The van der Waals surface area contributed by atoms with Crippen molar-refractivity contribution < 1.29 is 19.0 Å². The van der Waals surface area contributed by atoms with Crippen LogP contribution in [0.4, 0.5) is 4.39 Å². The minimum Gasteiger partial charge on any atom is -0.479 e. The Morgan fingerprint density at radius 1 is 1.31 bits per heavy atom. The quantitative estimate of drug-likeness (QED) is 0.443. The topological polar surface area (TPSA) is 80.1 Å². The summed E-state index contributed by atoms with van der Waals surface area (Å²) < 4.78 is 21.8. The molecule has 3 heterocycles. The average Bonchev–Trinajstić information content (AvgIpc) is 3.35. The second-order valence-electron chi connectivity index (χ2n) is 9.17. The van der Waals surface area contributed by atoms with Gasteiger partial charge >= 0.3 is 5.97 Å². The minimum atomic E-state index is -1.15. The summed E-state index contributed by atoms with van der Waals surface area (Å²) in [5.74, 6) is -0.952. The molecule has 2 N–H and O–H groups in total. The summed E-state index contributed by atoms with van der Waals surface area (Å²) in [6, 6.07) is 10.8. The van der Waals surface area contributed by atoms with Crippen LogP contribution >= 0.6 is 0 Å². The lowest BCUT2D eigenvalue weighted by atomic mass is 9.83. The second-order valence-corrected chi connectivity index (χ2v) is 9.17. The molecule has 0 saturated carbocycles. The molecule has 1 aliphatic rings. The summed E-state index contributed by atoms with van der Waals surface area (Å²) in [4.78, 5) is 11.7. The third-order valence-corrected chi connectivity index (χ3v) is 6.67. The monoisotopic (exact) mass is 435 g/mol. The Kier molecular flexibility index (Phi) is 4.82. The highest BCUT2D eigenvalue weighted by atomic mass is 19.1. The van der Waals surface area contributed by atoms with Crippen molar-refractivity contribution in [2.45, 2.75) is 51.0 Å². The number of aromatic nitrogens is 3. The molecule has 166 valence electrons. The van der Waals surface area contributed by atoms with Crippen molar-refractivity contribution >= 4 is 27.8 Å². The van der Waals surface area contributed by atoms with E-state index >= 15 is 0 Å². The number of carbonyl (C=O) groups is 1. The number of H-pyrrole nitrogens is 1. The number of carboxylic acid groups (broad SMARTS) is 1. The van der Waals surface area contributed by atoms with Gasteiger partial charge in [-0.25, -0.2) is 9.18 Å². The number of nitrogens with one attached hydrogen (secondary N) is 1. The number of ether oxygens (including phenoxy) is 1. The number of rotatable bonds is 4. The fourth-order valence-corrected chi connectivity index (χ4v) is 4.92. The van der Waals surface area contributed by atoms with Crippen LogP contribution in [0, 0.1) is 5.82 Å². The lowest BCUT2D eigenvalue weighted by Crippen LogP contribution is -2.43. The Labute approximate surface area is 185 Å². The molecule has 0 bridgehead atoms. The highest BCUT2D eigenvalue weighted by Crippen LogP contribution is 2.44. The second kappa shape index (κ2) is 7.45. The van der Waals surface area contributed by atoms with E-state index in [9.17, 15) is 14.3 Å². The van der Waals surface area contributed by atoms with Gasteiger partial charge in [-0.3, -0.25) is 5.10 Å². The summed E-state index contributed by atoms with van der Waals surface area (Å²) in [7, 11) is 0. The highest BCUT2D eigenvalue weighted by molar-refractivity contribution is 5.99. The maximum Gasteiger partial charge on any atom is 0.335 e. The largest absolute Gasteiger partial charge is 0.479 e. The normalized spacial score (nSPS) is 21.6. The van der Waals surface area contributed by atoms with Gasteiger partial charge in [0, 0.05) is 28.1 Å². The Balaban J connectivity index is 1.75. The highest BCUT2D eigenvalue weighted by Gasteiger charge is 2.40. The van der Waals surface area contributed by atoms with E-state index in [4.69, 9.17) is 4.74 Å². The molecule has 1 aliphatic heterocycles. The van der Waals surface area contributed by atoms with Crippen molar-refractivity contribution in [1.29, 1.82) is 0 Å². The zero-order chi connectivity index (χ0) is 22.6. The number of aromatic amines is 1. The van der Waals surface area contributed by atoms with Crippen molar-refractivity contribution in [2.24, 2.45) is 0 Å². The molecule has 6 nitrogen and oxygen atoms in total. The standard InChI is InChI=1S/C25H26FN3O3/c1-14(2)23-22(15-8-9-25(3,24(30)31)32-13-15)19-11-20-16(12-27-28-20)10-21(19)29(23)18-6-4-17(26)5-7-18/h4-7,10-12,14-15H,8-9,13H2,1-3H3,(H,27,28)(H,30,31)/t15?,25-/m1/s1. The van der Waals surface area contributed by atoms with Gasteiger partial charge < -0.3 is 14.4 Å². The smallest absolute Gasteiger partial charge is 0.335 e. The Morgan fingerprint density at radius 2 is 2.06 bits per heavy atom. The van der Waals surface area contributed by atoms with Gasteiger partial charge in [-0.05, 0) is 67.6 Å². The van der Waals surface area contributed by atoms with E-state index in [-0.39, 0.29) is 17.7 Å². The molecule has 0 radical (unpaired) electrons. The van der Waals surface area contributed by atoms with Crippen molar-refractivity contribution in [2.75, 3.05) is 6.61 Å². The molecular weight excluding hydrogens is 409 g/mol. The number of hydrogen-bond donors (Lipinski definition) is 2. The first kappa shape index (κ1) is 20.7. The first-order chi connectivity index (χ1) is 15.3. The van der Waals surface area contributed by atoms with Gasteiger partial charge in [0.05, 0.1) is 23.8 Å². The molecule has 2 aromatic carbocycles. The van der Waals surface area contributed by atoms with Crippen LogP contribution in [0.3, 0.4) is 0 Å². The number of halogens is 1. The Hall–Kier alpha value is -3.19. The van der Waals surface area contributed by atoms with Crippen LogP contribution in [0.2, 0.25) is 0 Å². The van der Waals surface area contributed by atoms with E-state index in [2.05, 4.69) is 40.7 Å². The van der Waals surface area contributed by atoms with Gasteiger partial charge in [-0.15, -0.1) is 0 Å². The number of carboxylic acids is 1. The van der Waals surface area contributed by atoms with Crippen LogP contribution in [0.1, 0.15) is 56.7 Å². The van der Waals surface area contributed by atoms with Gasteiger partial charge in [-0.2, -0.15) is 5.10 Å². The van der Waals surface area contributed by atoms with Crippen LogP contribution in [0.25, 0.3) is 27.5 Å². The molecule has 1 fully saturated rings. The summed E-state index contributed by atoms with van der Waals surface area (Å²) >= 11 is 0. The number of nitrogens with zero attached hydrogens (tertiary/aromatic N) is 2. The third kappa shape index (κ3) is 3.19. The van der Waals surface area contributed by atoms with Gasteiger partial charge in [0.15, 0.2) is 5.60 Å². The molecule has 32 heavy (non-hydrogen) atoms. The van der Waals surface area contributed by atoms with E-state index in [1.165, 1.54) is 17.7 Å². The predicted molar refractivity (Wildman–Crippen MR) is 121 cm³/mol. The minimum absolute atomic E-state index is 0.0596. The zero-order valence-corrected chi connectivity index (χ0v) is 18.4. The van der Waals surface area contributed by atoms with Crippen molar-refractivity contribution in [3.63, 3.8) is 0 Å². The maximum absolute atomic E-state index is 13.7. The Morgan fingerprint density at radius 3 is 2.69 bits per heavy atom. The summed E-state index contributed by atoms with van der Waals surface area (Å²) in [5, 5.41) is 18.9. The molecule has 1 saturated heterocycles. The number of fused-ring (bicyclic) bond motifs is 2. The third-order valence-electron chi connectivity index (χ3n) is 6.67. The van der Waals surface area contributed by atoms with Crippen LogP contribution in [-0.2, 0) is 9.53 Å². The molecule has 5 rings (SSSR count). The van der Waals surface area contributed by atoms with E-state index in [0.717, 1.165) is 33.2 Å². The molecule has 7 heteroatoms. The molecule has 0 aliphatic carbocycles. The molecule has 2 atom stereocenters. The molecular formula is C25H26FN3O3. The summed E-state index contributed by atoms with van der Waals surface area (Å²) in [6.07, 6.45) is 2.96. The van der Waals surface area contributed by atoms with Gasteiger partial charge in [0.1, 0.15) is 5.82 Å². The predicted octanol–water partition coefficient (Wildman–Crippen LogP) is 5.51. The number of benzene rings is 2. The lowest BCUT2D eigenvalue weighted by Gasteiger charge is -2.35. The van der Waals surface area contributed by atoms with E-state index in [1.807, 2.05) is 0 Å². The SMILES string of the molecule is CC(C)c1c(C2CC[C@](C)(C(=O)O)OC2)c2cc3[nH]ncc3cc2n1-c1ccc(F)cc1. The zero-order valence-electron chi connectivity index (χ0n) is 18.4. The first-order valence-electron chi connectivity index (χ1n) is 10.9. The molecule has 2 aromatic heterocycles. The molecule has 0 amide bonds. The van der Waals surface area contributed by atoms with Crippen LogP contribution in [0.5, 0.6) is 0 Å². The van der Waals surface area contributed by atoms with Gasteiger partial charge in [0.2, 0.25) is 0 Å². The van der Waals surface area contributed by atoms with E-state index in [0.29, 0.717) is 19.4 Å². The maximum atomic E-state index is 13.7. The van der Waals surface area contributed by atoms with Crippen LogP contribution < -0.4 is 0 Å². The summed E-state index contributed by atoms with van der Waals surface area (Å²) in [6.45, 7) is 6.28. The van der Waals surface area contributed by atoms with E-state index < -0.39 is 11.6 Å². The molecule has 0 spiro atoms. The summed E-state index contributed by atoms with van der Waals surface area (Å²) in [5.41, 5.74) is 4.01. The fourth-order valence-electron chi connectivity index (χ4n) is 4.92. The fraction of sp³-hybridized carbons (Fsp3) is 0.360. The van der Waals surface area contributed by atoms with Crippen molar-refractivity contribution in [1.82, 2.24) is 14.8 Å². The van der Waals surface area contributed by atoms with Crippen molar-refractivity contribution in [3.05, 3.63) is 59.7 Å². The van der Waals surface area contributed by atoms with Crippen LogP contribution in [0.15, 0.2) is 42.6 Å². The van der Waals surface area contributed by atoms with Crippen molar-refractivity contribution in [3.8, 4) is 5.69 Å². The van der Waals surface area contributed by atoms with Gasteiger partial charge in [-0.1, -0.05) is 13.8 Å². The average molecular weight is 435 g/mol. The molecule has 1 unspecified atom stereocenters. The van der Waals surface area contributed by atoms with Crippen LogP contribution in [-0.4, -0.2) is 38.0 Å².